The van der Waals surface area contributed by atoms with Crippen LogP contribution in [0.15, 0.2) is 60.8 Å². The largest absolute Gasteiger partial charge is 0.506 e. The van der Waals surface area contributed by atoms with E-state index in [1.54, 1.807) is 18.2 Å². The van der Waals surface area contributed by atoms with E-state index in [0.29, 0.717) is 5.56 Å². The first-order valence-electron chi connectivity index (χ1n) is 6.94. The quantitative estimate of drug-likeness (QED) is 0.764. The molecule has 0 amide bonds. The van der Waals surface area contributed by atoms with Gasteiger partial charge >= 0.3 is 0 Å². The molecule has 1 heterocycles. The standard InChI is InChI=1S/C19H14N2O/c1-13-2-6-16(7-3-13)19-18(10-17(22)12-21-19)15-8-4-14(11-20)5-9-15/h2-10,12,22H,1H3. The van der Waals surface area contributed by atoms with Crippen molar-refractivity contribution < 1.29 is 5.11 Å². The van der Waals surface area contributed by atoms with E-state index in [1.807, 2.05) is 43.3 Å². The smallest absolute Gasteiger partial charge is 0.134 e. The fourth-order valence-corrected chi connectivity index (χ4v) is 2.34. The van der Waals surface area contributed by atoms with Crippen molar-refractivity contribution in [3.63, 3.8) is 0 Å². The minimum Gasteiger partial charge on any atom is -0.506 e. The fraction of sp³-hybridized carbons (Fsp3) is 0.0526. The average molecular weight is 286 g/mol. The molecule has 0 saturated carbocycles. The predicted molar refractivity (Wildman–Crippen MR) is 86.2 cm³/mol. The Bertz CT molecular complexity index is 844. The molecule has 0 aliphatic heterocycles. The highest BCUT2D eigenvalue weighted by molar-refractivity contribution is 5.81. The summed E-state index contributed by atoms with van der Waals surface area (Å²) in [6, 6.07) is 19.2. The molecule has 22 heavy (non-hydrogen) atoms. The van der Waals surface area contributed by atoms with E-state index >= 15 is 0 Å². The molecule has 0 aliphatic rings. The van der Waals surface area contributed by atoms with Crippen molar-refractivity contribution in [1.82, 2.24) is 4.98 Å². The van der Waals surface area contributed by atoms with Crippen molar-refractivity contribution in [3.8, 4) is 34.2 Å². The van der Waals surface area contributed by atoms with Gasteiger partial charge in [0, 0.05) is 11.1 Å². The van der Waals surface area contributed by atoms with Crippen LogP contribution >= 0.6 is 0 Å². The number of aromatic nitrogens is 1. The molecule has 2 aromatic carbocycles. The third-order valence-corrected chi connectivity index (χ3v) is 3.52. The molecule has 1 N–H and O–H groups in total. The van der Waals surface area contributed by atoms with E-state index in [-0.39, 0.29) is 5.75 Å². The highest BCUT2D eigenvalue weighted by Gasteiger charge is 2.10. The minimum atomic E-state index is 0.121. The summed E-state index contributed by atoms with van der Waals surface area (Å²) >= 11 is 0. The molecule has 3 heteroatoms. The number of rotatable bonds is 2. The lowest BCUT2D eigenvalue weighted by atomic mass is 9.98. The Hall–Kier alpha value is -3.12. The Balaban J connectivity index is 2.15. The van der Waals surface area contributed by atoms with Gasteiger partial charge in [0.05, 0.1) is 23.5 Å². The summed E-state index contributed by atoms with van der Waals surface area (Å²) in [4.78, 5) is 4.38. The van der Waals surface area contributed by atoms with Crippen molar-refractivity contribution >= 4 is 0 Å². The number of nitriles is 1. The Kier molecular flexibility index (Phi) is 3.59. The molecule has 0 unspecified atom stereocenters. The molecule has 3 rings (SSSR count). The van der Waals surface area contributed by atoms with Gasteiger partial charge in [-0.3, -0.25) is 4.98 Å². The van der Waals surface area contributed by atoms with Crippen LogP contribution in [0.25, 0.3) is 22.4 Å². The molecule has 0 saturated heterocycles. The molecule has 0 fully saturated rings. The van der Waals surface area contributed by atoms with Crippen molar-refractivity contribution in [3.05, 3.63) is 71.9 Å². The van der Waals surface area contributed by atoms with Crippen LogP contribution in [0.5, 0.6) is 5.75 Å². The van der Waals surface area contributed by atoms with Gasteiger partial charge in [-0.1, -0.05) is 42.0 Å². The topological polar surface area (TPSA) is 56.9 Å². The van der Waals surface area contributed by atoms with Crippen LogP contribution in [0.2, 0.25) is 0 Å². The van der Waals surface area contributed by atoms with Crippen LogP contribution < -0.4 is 0 Å². The van der Waals surface area contributed by atoms with Crippen LogP contribution in [0.4, 0.5) is 0 Å². The van der Waals surface area contributed by atoms with E-state index in [1.165, 1.54) is 11.8 Å². The monoisotopic (exact) mass is 286 g/mol. The van der Waals surface area contributed by atoms with Crippen LogP contribution in [0.1, 0.15) is 11.1 Å². The summed E-state index contributed by atoms with van der Waals surface area (Å²) in [5, 5.41) is 18.7. The molecular weight excluding hydrogens is 272 g/mol. The predicted octanol–water partition coefficient (Wildman–Crippen LogP) is 4.30. The lowest BCUT2D eigenvalue weighted by Crippen LogP contribution is -1.90. The zero-order valence-electron chi connectivity index (χ0n) is 12.1. The van der Waals surface area contributed by atoms with Gasteiger partial charge in [-0.15, -0.1) is 0 Å². The number of pyridine rings is 1. The summed E-state index contributed by atoms with van der Waals surface area (Å²) in [7, 11) is 0. The van der Waals surface area contributed by atoms with Crippen molar-refractivity contribution in [2.24, 2.45) is 0 Å². The third-order valence-electron chi connectivity index (χ3n) is 3.52. The molecule has 0 atom stereocenters. The summed E-state index contributed by atoms with van der Waals surface area (Å²) in [6.07, 6.45) is 1.45. The van der Waals surface area contributed by atoms with Crippen molar-refractivity contribution in [2.75, 3.05) is 0 Å². The molecule has 0 radical (unpaired) electrons. The Morgan fingerprint density at radius 2 is 1.59 bits per heavy atom. The molecule has 0 bridgehead atoms. The number of hydrogen-bond donors (Lipinski definition) is 1. The summed E-state index contributed by atoms with van der Waals surface area (Å²) in [5.41, 5.74) is 5.34. The molecule has 0 aliphatic carbocycles. The summed E-state index contributed by atoms with van der Waals surface area (Å²) in [6.45, 7) is 2.04. The average Bonchev–Trinajstić information content (AvgIpc) is 2.56. The number of aryl methyl sites for hydroxylation is 1. The lowest BCUT2D eigenvalue weighted by Gasteiger charge is -2.10. The SMILES string of the molecule is Cc1ccc(-c2ncc(O)cc2-c2ccc(C#N)cc2)cc1. The Morgan fingerprint density at radius 3 is 2.23 bits per heavy atom. The molecule has 1 aromatic heterocycles. The molecule has 106 valence electrons. The highest BCUT2D eigenvalue weighted by atomic mass is 16.3. The van der Waals surface area contributed by atoms with Crippen LogP contribution in [-0.2, 0) is 0 Å². The molecule has 3 nitrogen and oxygen atoms in total. The van der Waals surface area contributed by atoms with E-state index in [9.17, 15) is 5.11 Å². The fourth-order valence-electron chi connectivity index (χ4n) is 2.34. The van der Waals surface area contributed by atoms with Crippen LogP contribution in [0, 0.1) is 18.3 Å². The van der Waals surface area contributed by atoms with Crippen molar-refractivity contribution in [1.29, 1.82) is 5.26 Å². The Labute approximate surface area is 129 Å². The first-order chi connectivity index (χ1) is 10.7. The maximum Gasteiger partial charge on any atom is 0.134 e. The van der Waals surface area contributed by atoms with Crippen molar-refractivity contribution in [2.45, 2.75) is 6.92 Å². The molecular formula is C19H14N2O. The maximum absolute atomic E-state index is 9.78. The second kappa shape index (κ2) is 5.71. The van der Waals surface area contributed by atoms with Gasteiger partial charge in [0.25, 0.3) is 0 Å². The van der Waals surface area contributed by atoms with Gasteiger partial charge < -0.3 is 5.11 Å². The van der Waals surface area contributed by atoms with E-state index in [0.717, 1.165) is 22.4 Å². The first kappa shape index (κ1) is 13.8. The number of nitrogens with zero attached hydrogens (tertiary/aromatic N) is 2. The van der Waals surface area contributed by atoms with Gasteiger partial charge in [-0.2, -0.15) is 5.26 Å². The summed E-state index contributed by atoms with van der Waals surface area (Å²) in [5.74, 6) is 0.121. The summed E-state index contributed by atoms with van der Waals surface area (Å²) < 4.78 is 0. The van der Waals surface area contributed by atoms with E-state index in [4.69, 9.17) is 5.26 Å². The van der Waals surface area contributed by atoms with Gasteiger partial charge in [-0.25, -0.2) is 0 Å². The highest BCUT2D eigenvalue weighted by Crippen LogP contribution is 2.32. The van der Waals surface area contributed by atoms with Crippen LogP contribution in [-0.4, -0.2) is 10.1 Å². The second-order valence-corrected chi connectivity index (χ2v) is 5.14. The Morgan fingerprint density at radius 1 is 0.955 bits per heavy atom. The van der Waals surface area contributed by atoms with Gasteiger partial charge in [0.15, 0.2) is 0 Å². The molecule has 3 aromatic rings. The molecule has 0 spiro atoms. The van der Waals surface area contributed by atoms with Crippen LogP contribution in [0.3, 0.4) is 0 Å². The first-order valence-corrected chi connectivity index (χ1v) is 6.94. The number of aromatic hydroxyl groups is 1. The van der Waals surface area contributed by atoms with Gasteiger partial charge in [0.2, 0.25) is 0 Å². The number of benzene rings is 2. The van der Waals surface area contributed by atoms with E-state index in [2.05, 4.69) is 11.1 Å². The van der Waals surface area contributed by atoms with E-state index < -0.39 is 0 Å². The normalized spacial score (nSPS) is 10.2. The zero-order chi connectivity index (χ0) is 15.5. The maximum atomic E-state index is 9.78. The number of hydrogen-bond acceptors (Lipinski definition) is 3. The lowest BCUT2D eigenvalue weighted by molar-refractivity contribution is 0.473. The van der Waals surface area contributed by atoms with Gasteiger partial charge in [0.1, 0.15) is 5.75 Å². The second-order valence-electron chi connectivity index (χ2n) is 5.14. The minimum absolute atomic E-state index is 0.121. The third kappa shape index (κ3) is 2.68. The van der Waals surface area contributed by atoms with Gasteiger partial charge in [-0.05, 0) is 30.7 Å². The zero-order valence-corrected chi connectivity index (χ0v) is 12.1.